The summed E-state index contributed by atoms with van der Waals surface area (Å²) in [6.07, 6.45) is 1.58. The maximum atomic E-state index is 12.0. The van der Waals surface area contributed by atoms with Crippen LogP contribution < -0.4 is 10.1 Å². The van der Waals surface area contributed by atoms with Gasteiger partial charge in [-0.3, -0.25) is 14.7 Å². The van der Waals surface area contributed by atoms with E-state index in [1.807, 2.05) is 24.3 Å². The van der Waals surface area contributed by atoms with E-state index in [9.17, 15) is 4.79 Å². The summed E-state index contributed by atoms with van der Waals surface area (Å²) in [6.45, 7) is 1.78. The number of methoxy groups -OCH3 is 1. The molecular weight excluding hydrogens is 330 g/mol. The van der Waals surface area contributed by atoms with E-state index in [0.29, 0.717) is 22.5 Å². The van der Waals surface area contributed by atoms with E-state index >= 15 is 0 Å². The number of carbonyl (C=O) groups is 1. The first-order valence-electron chi connectivity index (χ1n) is 7.07. The number of rotatable bonds is 6. The summed E-state index contributed by atoms with van der Waals surface area (Å²) in [4.78, 5) is 12.0. The van der Waals surface area contributed by atoms with Gasteiger partial charge in [0, 0.05) is 6.07 Å². The second-order valence-electron chi connectivity index (χ2n) is 4.82. The topological polar surface area (TPSA) is 95.1 Å². The van der Waals surface area contributed by atoms with E-state index in [4.69, 9.17) is 9.26 Å². The van der Waals surface area contributed by atoms with Gasteiger partial charge in [-0.1, -0.05) is 29.1 Å². The van der Waals surface area contributed by atoms with Crippen molar-refractivity contribution in [3.63, 3.8) is 0 Å². The Labute approximate surface area is 142 Å². The summed E-state index contributed by atoms with van der Waals surface area (Å²) in [5.74, 6) is 0.962. The molecule has 0 saturated heterocycles. The largest absolute Gasteiger partial charge is 0.495 e. The molecule has 8 nitrogen and oxygen atoms in total. The van der Waals surface area contributed by atoms with Gasteiger partial charge in [0.25, 0.3) is 0 Å². The highest BCUT2D eigenvalue weighted by Crippen LogP contribution is 2.26. The molecule has 3 rings (SSSR count). The van der Waals surface area contributed by atoms with Crippen molar-refractivity contribution in [1.82, 2.24) is 19.9 Å². The zero-order chi connectivity index (χ0) is 16.9. The van der Waals surface area contributed by atoms with Gasteiger partial charge in [-0.15, -0.1) is 10.2 Å². The quantitative estimate of drug-likeness (QED) is 0.685. The molecule has 0 aliphatic carbocycles. The third kappa shape index (κ3) is 3.57. The molecule has 2 aromatic heterocycles. The predicted molar refractivity (Wildman–Crippen MR) is 88.5 cm³/mol. The Morgan fingerprint density at radius 3 is 3.00 bits per heavy atom. The number of nitrogens with one attached hydrogen (secondary N) is 1. The summed E-state index contributed by atoms with van der Waals surface area (Å²) >= 11 is 1.26. The van der Waals surface area contributed by atoms with Crippen LogP contribution in [0, 0.1) is 6.92 Å². The van der Waals surface area contributed by atoms with Gasteiger partial charge in [-0.2, -0.15) is 0 Å². The van der Waals surface area contributed by atoms with Crippen LogP contribution in [0.25, 0.3) is 5.69 Å². The van der Waals surface area contributed by atoms with E-state index in [2.05, 4.69) is 20.7 Å². The monoisotopic (exact) mass is 345 g/mol. The average molecular weight is 345 g/mol. The zero-order valence-corrected chi connectivity index (χ0v) is 13.9. The van der Waals surface area contributed by atoms with Crippen molar-refractivity contribution in [2.45, 2.75) is 12.1 Å². The van der Waals surface area contributed by atoms with Crippen molar-refractivity contribution in [2.75, 3.05) is 18.2 Å². The van der Waals surface area contributed by atoms with Crippen LogP contribution in [0.3, 0.4) is 0 Å². The van der Waals surface area contributed by atoms with Crippen molar-refractivity contribution in [1.29, 1.82) is 0 Å². The standard InChI is InChI=1S/C15H15N5O3S/c1-10-7-14(23-19-10)17-13(21)8-24-15-18-16-9-20(15)11-5-3-4-6-12(11)22-2/h3-7,9H,8H2,1-2H3,(H,17,21). The highest BCUT2D eigenvalue weighted by atomic mass is 32.2. The fraction of sp³-hybridized carbons (Fsp3) is 0.200. The molecule has 0 unspecified atom stereocenters. The lowest BCUT2D eigenvalue weighted by Gasteiger charge is -2.10. The lowest BCUT2D eigenvalue weighted by molar-refractivity contribution is -0.113. The second-order valence-corrected chi connectivity index (χ2v) is 5.77. The lowest BCUT2D eigenvalue weighted by atomic mass is 10.3. The molecule has 0 saturated carbocycles. The van der Waals surface area contributed by atoms with Crippen LogP contribution in [0.15, 0.2) is 46.3 Å². The third-order valence-corrected chi connectivity index (χ3v) is 4.03. The molecule has 3 aromatic rings. The summed E-state index contributed by atoms with van der Waals surface area (Å²) in [5, 5.41) is 14.9. The molecule has 124 valence electrons. The normalized spacial score (nSPS) is 10.6. The van der Waals surface area contributed by atoms with E-state index in [-0.39, 0.29) is 11.7 Å². The number of nitrogens with zero attached hydrogens (tertiary/aromatic N) is 4. The maximum absolute atomic E-state index is 12.0. The van der Waals surface area contributed by atoms with Crippen molar-refractivity contribution in [3.8, 4) is 11.4 Å². The molecule has 24 heavy (non-hydrogen) atoms. The van der Waals surface area contributed by atoms with Gasteiger partial charge in [0.1, 0.15) is 12.1 Å². The van der Waals surface area contributed by atoms with Crippen LogP contribution in [-0.4, -0.2) is 38.7 Å². The minimum absolute atomic E-state index is 0.160. The molecule has 1 aromatic carbocycles. The fourth-order valence-electron chi connectivity index (χ4n) is 2.04. The van der Waals surface area contributed by atoms with Crippen molar-refractivity contribution < 1.29 is 14.1 Å². The first-order chi connectivity index (χ1) is 11.7. The van der Waals surface area contributed by atoms with Crippen LogP contribution in [0.5, 0.6) is 5.75 Å². The Morgan fingerprint density at radius 1 is 1.42 bits per heavy atom. The number of anilines is 1. The van der Waals surface area contributed by atoms with Crippen LogP contribution >= 0.6 is 11.8 Å². The lowest BCUT2D eigenvalue weighted by Crippen LogP contribution is -2.14. The fourth-order valence-corrected chi connectivity index (χ4v) is 2.76. The van der Waals surface area contributed by atoms with Gasteiger partial charge in [0.2, 0.25) is 11.8 Å². The average Bonchev–Trinajstić information content (AvgIpc) is 3.21. The number of ether oxygens (including phenoxy) is 1. The number of benzene rings is 1. The first kappa shape index (κ1) is 16.1. The van der Waals surface area contributed by atoms with Crippen LogP contribution in [0.2, 0.25) is 0 Å². The molecule has 1 N–H and O–H groups in total. The first-order valence-corrected chi connectivity index (χ1v) is 8.05. The van der Waals surface area contributed by atoms with Crippen molar-refractivity contribution in [3.05, 3.63) is 42.4 Å². The van der Waals surface area contributed by atoms with Crippen LogP contribution in [0.4, 0.5) is 5.88 Å². The highest BCUT2D eigenvalue weighted by Gasteiger charge is 2.14. The summed E-state index contributed by atoms with van der Waals surface area (Å²) in [5.41, 5.74) is 1.51. The van der Waals surface area contributed by atoms with Crippen LogP contribution in [0.1, 0.15) is 5.69 Å². The Kier molecular flexibility index (Phi) is 4.80. The smallest absolute Gasteiger partial charge is 0.237 e. The number of amides is 1. The minimum Gasteiger partial charge on any atom is -0.495 e. The van der Waals surface area contributed by atoms with Gasteiger partial charge >= 0.3 is 0 Å². The number of aromatic nitrogens is 4. The van der Waals surface area contributed by atoms with Crippen molar-refractivity contribution in [2.24, 2.45) is 0 Å². The van der Waals surface area contributed by atoms with Gasteiger partial charge in [0.15, 0.2) is 5.16 Å². The molecule has 2 heterocycles. The Hall–Kier alpha value is -2.81. The summed E-state index contributed by atoms with van der Waals surface area (Å²) < 4.78 is 12.1. The zero-order valence-electron chi connectivity index (χ0n) is 13.1. The third-order valence-electron chi connectivity index (χ3n) is 3.08. The molecule has 9 heteroatoms. The molecule has 0 spiro atoms. The number of aryl methyl sites for hydroxylation is 1. The molecular formula is C15H15N5O3S. The Balaban J connectivity index is 1.68. The van der Waals surface area contributed by atoms with Gasteiger partial charge < -0.3 is 9.26 Å². The summed E-state index contributed by atoms with van der Waals surface area (Å²) in [6, 6.07) is 9.17. The SMILES string of the molecule is COc1ccccc1-n1cnnc1SCC(=O)Nc1cc(C)no1. The van der Waals surface area contributed by atoms with Gasteiger partial charge in [-0.25, -0.2) is 0 Å². The molecule has 0 radical (unpaired) electrons. The predicted octanol–water partition coefficient (Wildman–Crippen LogP) is 2.30. The van der Waals surface area contributed by atoms with E-state index in [1.54, 1.807) is 31.0 Å². The van der Waals surface area contributed by atoms with Crippen molar-refractivity contribution >= 4 is 23.6 Å². The molecule has 0 bridgehead atoms. The van der Waals surface area contributed by atoms with Gasteiger partial charge in [-0.05, 0) is 19.1 Å². The molecule has 1 amide bonds. The highest BCUT2D eigenvalue weighted by molar-refractivity contribution is 7.99. The number of para-hydroxylation sites is 2. The van der Waals surface area contributed by atoms with E-state index in [1.165, 1.54) is 11.8 Å². The second kappa shape index (κ2) is 7.18. The van der Waals surface area contributed by atoms with Gasteiger partial charge in [0.05, 0.1) is 24.2 Å². The van der Waals surface area contributed by atoms with E-state index in [0.717, 1.165) is 5.69 Å². The summed E-state index contributed by atoms with van der Waals surface area (Å²) in [7, 11) is 1.60. The molecule has 0 aliphatic heterocycles. The number of hydrogen-bond acceptors (Lipinski definition) is 7. The van der Waals surface area contributed by atoms with Crippen LogP contribution in [-0.2, 0) is 4.79 Å². The molecule has 0 atom stereocenters. The number of thioether (sulfide) groups is 1. The Bertz CT molecular complexity index is 845. The maximum Gasteiger partial charge on any atom is 0.237 e. The molecule has 0 aliphatic rings. The minimum atomic E-state index is -0.217. The Morgan fingerprint density at radius 2 is 2.25 bits per heavy atom. The van der Waals surface area contributed by atoms with E-state index < -0.39 is 0 Å². The number of hydrogen-bond donors (Lipinski definition) is 1. The number of carbonyl (C=O) groups excluding carboxylic acids is 1. The molecule has 0 fully saturated rings.